The van der Waals surface area contributed by atoms with E-state index in [1.54, 1.807) is 6.07 Å². The van der Waals surface area contributed by atoms with E-state index in [2.05, 4.69) is 23.2 Å². The number of aromatic hydroxyl groups is 2. The summed E-state index contributed by atoms with van der Waals surface area (Å²) in [5, 5.41) is 19.2. The van der Waals surface area contributed by atoms with Gasteiger partial charge in [0.2, 0.25) is 0 Å². The van der Waals surface area contributed by atoms with Gasteiger partial charge in [0, 0.05) is 11.7 Å². The first-order chi connectivity index (χ1) is 9.70. The Labute approximate surface area is 117 Å². The number of fused-ring (bicyclic) bond motifs is 1. The highest BCUT2D eigenvalue weighted by molar-refractivity contribution is 5.78. The molecule has 0 aliphatic heterocycles. The van der Waals surface area contributed by atoms with Gasteiger partial charge in [-0.3, -0.25) is 0 Å². The predicted molar refractivity (Wildman–Crippen MR) is 80.8 cm³/mol. The molecule has 104 valence electrons. The minimum absolute atomic E-state index is 0.0871. The number of nitrogens with two attached hydrogens (primary N) is 1. The molecule has 1 heterocycles. The Balaban J connectivity index is 0.000000149. The third kappa shape index (κ3) is 3.52. The maximum Gasteiger partial charge on any atom is 0.157 e. The summed E-state index contributed by atoms with van der Waals surface area (Å²) < 4.78 is 0. The van der Waals surface area contributed by atoms with Gasteiger partial charge < -0.3 is 20.9 Å². The number of hydrogen-bond acceptors (Lipinski definition) is 3. The molecule has 0 aliphatic carbocycles. The topological polar surface area (TPSA) is 82.3 Å². The molecule has 0 unspecified atom stereocenters. The number of aromatic amines is 1. The Morgan fingerprint density at radius 3 is 2.45 bits per heavy atom. The summed E-state index contributed by atoms with van der Waals surface area (Å²) in [6, 6.07) is 15.0. The molecule has 0 fully saturated rings. The van der Waals surface area contributed by atoms with Crippen molar-refractivity contribution in [2.45, 2.75) is 6.42 Å². The van der Waals surface area contributed by atoms with Gasteiger partial charge in [-0.2, -0.15) is 0 Å². The third-order valence-electron chi connectivity index (χ3n) is 2.94. The van der Waals surface area contributed by atoms with Gasteiger partial charge in [-0.05, 0) is 48.2 Å². The highest BCUT2D eigenvalue weighted by Crippen LogP contribution is 2.24. The predicted octanol–water partition coefficient (Wildman–Crippen LogP) is 2.77. The number of benzene rings is 2. The van der Waals surface area contributed by atoms with Crippen LogP contribution in [0.5, 0.6) is 11.5 Å². The first-order valence-electron chi connectivity index (χ1n) is 6.44. The first kappa shape index (κ1) is 14.0. The van der Waals surface area contributed by atoms with E-state index in [0.29, 0.717) is 13.0 Å². The summed E-state index contributed by atoms with van der Waals surface area (Å²) in [7, 11) is 0. The van der Waals surface area contributed by atoms with E-state index in [1.807, 2.05) is 18.3 Å². The van der Waals surface area contributed by atoms with Crippen LogP contribution >= 0.6 is 0 Å². The fourth-order valence-corrected chi connectivity index (χ4v) is 1.89. The van der Waals surface area contributed by atoms with E-state index in [-0.39, 0.29) is 11.5 Å². The van der Waals surface area contributed by atoms with Gasteiger partial charge in [-0.25, -0.2) is 0 Å². The first-order valence-corrected chi connectivity index (χ1v) is 6.44. The third-order valence-corrected chi connectivity index (χ3v) is 2.94. The summed E-state index contributed by atoms with van der Waals surface area (Å²) in [5.41, 5.74) is 7.44. The zero-order valence-corrected chi connectivity index (χ0v) is 11.1. The lowest BCUT2D eigenvalue weighted by molar-refractivity contribution is 0.403. The largest absolute Gasteiger partial charge is 0.504 e. The molecule has 0 radical (unpaired) electrons. The molecule has 20 heavy (non-hydrogen) atoms. The molecule has 0 atom stereocenters. The SMILES string of the molecule is NCCc1ccc(O)c(O)c1.c1ccc2[nH]ccc2c1. The molecule has 4 nitrogen and oxygen atoms in total. The van der Waals surface area contributed by atoms with Gasteiger partial charge in [0.1, 0.15) is 0 Å². The van der Waals surface area contributed by atoms with E-state index in [0.717, 1.165) is 5.56 Å². The number of nitrogens with one attached hydrogen (secondary N) is 1. The second kappa shape index (κ2) is 6.63. The van der Waals surface area contributed by atoms with Crippen molar-refractivity contribution in [1.29, 1.82) is 0 Å². The van der Waals surface area contributed by atoms with Crippen LogP contribution in [-0.2, 0) is 6.42 Å². The van der Waals surface area contributed by atoms with Crippen molar-refractivity contribution in [3.05, 3.63) is 60.3 Å². The number of hydrogen-bond donors (Lipinski definition) is 4. The Hall–Kier alpha value is -2.46. The van der Waals surface area contributed by atoms with E-state index in [9.17, 15) is 0 Å². The summed E-state index contributed by atoms with van der Waals surface area (Å²) >= 11 is 0. The summed E-state index contributed by atoms with van der Waals surface area (Å²) in [4.78, 5) is 3.12. The van der Waals surface area contributed by atoms with Crippen molar-refractivity contribution in [1.82, 2.24) is 4.98 Å². The van der Waals surface area contributed by atoms with Crippen LogP contribution in [0.1, 0.15) is 5.56 Å². The van der Waals surface area contributed by atoms with Crippen molar-refractivity contribution in [2.75, 3.05) is 6.54 Å². The lowest BCUT2D eigenvalue weighted by Crippen LogP contribution is -2.02. The fourth-order valence-electron chi connectivity index (χ4n) is 1.89. The van der Waals surface area contributed by atoms with Gasteiger partial charge in [0.15, 0.2) is 11.5 Å². The number of aromatic nitrogens is 1. The normalized spacial score (nSPS) is 10.1. The van der Waals surface area contributed by atoms with Crippen LogP contribution in [0.3, 0.4) is 0 Å². The number of phenolic OH excluding ortho intramolecular Hbond substituents is 2. The molecule has 0 bridgehead atoms. The number of H-pyrrole nitrogens is 1. The van der Waals surface area contributed by atoms with Crippen LogP contribution < -0.4 is 5.73 Å². The number of rotatable bonds is 2. The Morgan fingerprint density at radius 1 is 0.950 bits per heavy atom. The van der Waals surface area contributed by atoms with Crippen molar-refractivity contribution in [3.8, 4) is 11.5 Å². The standard InChI is InChI=1S/C8H11NO2.C8H7N/c9-4-3-6-1-2-7(10)8(11)5-6;1-2-4-8-7(3-1)5-6-9-8/h1-2,5,10-11H,3-4,9H2;1-6,9H. The molecular formula is C16H18N2O2. The zero-order valence-electron chi connectivity index (χ0n) is 11.1. The second-order valence-electron chi connectivity index (χ2n) is 4.43. The molecular weight excluding hydrogens is 252 g/mol. The average Bonchev–Trinajstić information content (AvgIpc) is 2.92. The van der Waals surface area contributed by atoms with Crippen LogP contribution in [0.4, 0.5) is 0 Å². The average molecular weight is 270 g/mol. The van der Waals surface area contributed by atoms with Crippen molar-refractivity contribution >= 4 is 10.9 Å². The maximum atomic E-state index is 9.04. The van der Waals surface area contributed by atoms with Crippen molar-refractivity contribution in [2.24, 2.45) is 5.73 Å². The molecule has 0 amide bonds. The molecule has 3 aromatic rings. The summed E-state index contributed by atoms with van der Waals surface area (Å²) in [6.07, 6.45) is 2.67. The molecule has 0 spiro atoms. The van der Waals surface area contributed by atoms with Gasteiger partial charge in [-0.15, -0.1) is 0 Å². The Bertz CT molecular complexity index is 647. The molecule has 4 heteroatoms. The van der Waals surface area contributed by atoms with Crippen LogP contribution in [0.25, 0.3) is 10.9 Å². The van der Waals surface area contributed by atoms with Crippen molar-refractivity contribution in [3.63, 3.8) is 0 Å². The molecule has 3 rings (SSSR count). The van der Waals surface area contributed by atoms with E-state index >= 15 is 0 Å². The van der Waals surface area contributed by atoms with Gasteiger partial charge >= 0.3 is 0 Å². The fraction of sp³-hybridized carbons (Fsp3) is 0.125. The van der Waals surface area contributed by atoms with Crippen LogP contribution in [0.2, 0.25) is 0 Å². The summed E-state index contributed by atoms with van der Waals surface area (Å²) in [6.45, 7) is 0.546. The second-order valence-corrected chi connectivity index (χ2v) is 4.43. The van der Waals surface area contributed by atoms with E-state index < -0.39 is 0 Å². The number of para-hydroxylation sites is 1. The summed E-state index contributed by atoms with van der Waals surface area (Å²) in [5.74, 6) is -0.179. The van der Waals surface area contributed by atoms with E-state index in [1.165, 1.54) is 23.0 Å². The minimum atomic E-state index is -0.0919. The minimum Gasteiger partial charge on any atom is -0.504 e. The lowest BCUT2D eigenvalue weighted by atomic mass is 10.1. The highest BCUT2D eigenvalue weighted by atomic mass is 16.3. The van der Waals surface area contributed by atoms with Crippen LogP contribution in [0.15, 0.2) is 54.7 Å². The van der Waals surface area contributed by atoms with Crippen LogP contribution in [0, 0.1) is 0 Å². The van der Waals surface area contributed by atoms with Crippen molar-refractivity contribution < 1.29 is 10.2 Å². The van der Waals surface area contributed by atoms with Gasteiger partial charge in [0.25, 0.3) is 0 Å². The maximum absolute atomic E-state index is 9.04. The molecule has 0 saturated heterocycles. The van der Waals surface area contributed by atoms with Gasteiger partial charge in [0.05, 0.1) is 0 Å². The molecule has 0 aliphatic rings. The van der Waals surface area contributed by atoms with Gasteiger partial charge in [-0.1, -0.05) is 24.3 Å². The molecule has 1 aromatic heterocycles. The lowest BCUT2D eigenvalue weighted by Gasteiger charge is -2.00. The monoisotopic (exact) mass is 270 g/mol. The molecule has 5 N–H and O–H groups in total. The Morgan fingerprint density at radius 2 is 1.75 bits per heavy atom. The molecule has 0 saturated carbocycles. The zero-order chi connectivity index (χ0) is 14.4. The van der Waals surface area contributed by atoms with E-state index in [4.69, 9.17) is 15.9 Å². The van der Waals surface area contributed by atoms with Crippen LogP contribution in [-0.4, -0.2) is 21.7 Å². The Kier molecular flexibility index (Phi) is 4.63. The molecule has 2 aromatic carbocycles. The number of phenols is 2. The highest BCUT2D eigenvalue weighted by Gasteiger charge is 1.98. The smallest absolute Gasteiger partial charge is 0.157 e. The quantitative estimate of drug-likeness (QED) is 0.540.